The van der Waals surface area contributed by atoms with Crippen LogP contribution in [0.5, 0.6) is 11.5 Å². The van der Waals surface area contributed by atoms with Crippen molar-refractivity contribution >= 4 is 23.4 Å². The SMILES string of the molecule is C[C@H](Sc1cccc(C(F)(F)F)c1)C(=O)Nc1ccc2c(c1)OCO2. The summed E-state index contributed by atoms with van der Waals surface area (Å²) in [5.41, 5.74) is -0.202. The third-order valence-corrected chi connectivity index (χ3v) is 4.58. The first-order chi connectivity index (χ1) is 11.8. The average molecular weight is 369 g/mol. The van der Waals surface area contributed by atoms with Crippen molar-refractivity contribution < 1.29 is 27.4 Å². The highest BCUT2D eigenvalue weighted by Crippen LogP contribution is 2.35. The highest BCUT2D eigenvalue weighted by Gasteiger charge is 2.30. The first kappa shape index (κ1) is 17.5. The molecule has 8 heteroatoms. The summed E-state index contributed by atoms with van der Waals surface area (Å²) in [5, 5.41) is 2.14. The number of halogens is 3. The zero-order valence-corrected chi connectivity index (χ0v) is 13.9. The number of fused-ring (bicyclic) bond motifs is 1. The number of amides is 1. The second-order valence-corrected chi connectivity index (χ2v) is 6.76. The molecule has 1 atom stereocenters. The van der Waals surface area contributed by atoms with E-state index in [0.717, 1.165) is 23.9 Å². The van der Waals surface area contributed by atoms with Crippen molar-refractivity contribution in [2.45, 2.75) is 23.2 Å². The molecular formula is C17H14F3NO3S. The first-order valence-electron chi connectivity index (χ1n) is 7.37. The molecule has 0 bridgehead atoms. The third-order valence-electron chi connectivity index (χ3n) is 3.48. The summed E-state index contributed by atoms with van der Waals surface area (Å²) < 4.78 is 48.7. The number of hydrogen-bond donors (Lipinski definition) is 1. The van der Waals surface area contributed by atoms with E-state index >= 15 is 0 Å². The molecule has 0 fully saturated rings. The van der Waals surface area contributed by atoms with Crippen LogP contribution >= 0.6 is 11.8 Å². The Morgan fingerprint density at radius 2 is 1.92 bits per heavy atom. The lowest BCUT2D eigenvalue weighted by Crippen LogP contribution is -2.22. The normalized spacial score (nSPS) is 14.2. The van der Waals surface area contributed by atoms with E-state index in [2.05, 4.69) is 5.32 Å². The molecule has 1 N–H and O–H groups in total. The van der Waals surface area contributed by atoms with Crippen LogP contribution in [0.2, 0.25) is 0 Å². The van der Waals surface area contributed by atoms with Gasteiger partial charge in [-0.05, 0) is 37.3 Å². The fourth-order valence-electron chi connectivity index (χ4n) is 2.22. The standard InChI is InChI=1S/C17H14F3NO3S/c1-10(25-13-4-2-3-11(7-13)17(18,19)20)16(22)21-12-5-6-14-15(8-12)24-9-23-14/h2-8,10H,9H2,1H3,(H,21,22)/t10-/m0/s1. The molecule has 0 saturated carbocycles. The monoisotopic (exact) mass is 369 g/mol. The molecule has 0 aromatic heterocycles. The molecule has 2 aromatic carbocycles. The van der Waals surface area contributed by atoms with Crippen molar-refractivity contribution in [3.05, 3.63) is 48.0 Å². The molecule has 132 valence electrons. The largest absolute Gasteiger partial charge is 0.454 e. The second-order valence-electron chi connectivity index (χ2n) is 5.34. The van der Waals surface area contributed by atoms with Gasteiger partial charge in [0.15, 0.2) is 11.5 Å². The van der Waals surface area contributed by atoms with E-state index in [1.54, 1.807) is 31.2 Å². The summed E-state index contributed by atoms with van der Waals surface area (Å²) in [6.07, 6.45) is -4.41. The van der Waals surface area contributed by atoms with Crippen molar-refractivity contribution in [3.63, 3.8) is 0 Å². The van der Waals surface area contributed by atoms with Gasteiger partial charge >= 0.3 is 6.18 Å². The van der Waals surface area contributed by atoms with Gasteiger partial charge in [-0.3, -0.25) is 4.79 Å². The maximum Gasteiger partial charge on any atom is 0.416 e. The molecule has 1 aliphatic rings. The van der Waals surface area contributed by atoms with Gasteiger partial charge in [0.05, 0.1) is 10.8 Å². The van der Waals surface area contributed by atoms with E-state index in [1.807, 2.05) is 0 Å². The molecule has 0 spiro atoms. The van der Waals surface area contributed by atoms with Gasteiger partial charge in [0, 0.05) is 16.6 Å². The molecule has 2 aromatic rings. The fraction of sp³-hybridized carbons (Fsp3) is 0.235. The van der Waals surface area contributed by atoms with Gasteiger partial charge in [-0.25, -0.2) is 0 Å². The van der Waals surface area contributed by atoms with E-state index in [-0.39, 0.29) is 12.7 Å². The Morgan fingerprint density at radius 1 is 1.16 bits per heavy atom. The van der Waals surface area contributed by atoms with Crippen LogP contribution in [0.3, 0.4) is 0 Å². The molecule has 4 nitrogen and oxygen atoms in total. The zero-order valence-electron chi connectivity index (χ0n) is 13.1. The number of carbonyl (C=O) groups excluding carboxylic acids is 1. The van der Waals surface area contributed by atoms with Gasteiger partial charge in [-0.15, -0.1) is 11.8 Å². The Balaban J connectivity index is 1.65. The quantitative estimate of drug-likeness (QED) is 0.803. The number of rotatable bonds is 4. The number of benzene rings is 2. The molecule has 3 rings (SSSR count). The van der Waals surface area contributed by atoms with Crippen LogP contribution in [-0.2, 0) is 11.0 Å². The zero-order chi connectivity index (χ0) is 18.0. The van der Waals surface area contributed by atoms with Crippen molar-refractivity contribution in [1.29, 1.82) is 0 Å². The van der Waals surface area contributed by atoms with E-state index in [1.165, 1.54) is 6.07 Å². The number of anilines is 1. The van der Waals surface area contributed by atoms with Crippen LogP contribution < -0.4 is 14.8 Å². The van der Waals surface area contributed by atoms with E-state index in [4.69, 9.17) is 9.47 Å². The van der Waals surface area contributed by atoms with Gasteiger partial charge in [-0.1, -0.05) is 6.07 Å². The lowest BCUT2D eigenvalue weighted by Gasteiger charge is -2.13. The lowest BCUT2D eigenvalue weighted by atomic mass is 10.2. The predicted octanol–water partition coefficient (Wildman–Crippen LogP) is 4.55. The number of nitrogens with one attached hydrogen (secondary N) is 1. The Kier molecular flexibility index (Phi) is 4.80. The molecule has 1 amide bonds. The fourth-order valence-corrected chi connectivity index (χ4v) is 3.15. The molecular weight excluding hydrogens is 355 g/mol. The van der Waals surface area contributed by atoms with E-state index in [0.29, 0.717) is 22.1 Å². The highest BCUT2D eigenvalue weighted by atomic mass is 32.2. The number of ether oxygens (including phenoxy) is 2. The Bertz CT molecular complexity index is 795. The van der Waals surface area contributed by atoms with Gasteiger partial charge in [0.1, 0.15) is 0 Å². The number of alkyl halides is 3. The Labute approximate surface area is 146 Å². The molecule has 25 heavy (non-hydrogen) atoms. The number of hydrogen-bond acceptors (Lipinski definition) is 4. The summed E-state index contributed by atoms with van der Waals surface area (Å²) in [5.74, 6) is 0.821. The summed E-state index contributed by atoms with van der Waals surface area (Å²) in [4.78, 5) is 12.7. The van der Waals surface area contributed by atoms with Crippen molar-refractivity contribution in [2.75, 3.05) is 12.1 Å². The molecule has 1 heterocycles. The highest BCUT2D eigenvalue weighted by molar-refractivity contribution is 8.00. The smallest absolute Gasteiger partial charge is 0.416 e. The van der Waals surface area contributed by atoms with E-state index in [9.17, 15) is 18.0 Å². The number of thioether (sulfide) groups is 1. The number of carbonyl (C=O) groups is 1. The van der Waals surface area contributed by atoms with Gasteiger partial charge in [-0.2, -0.15) is 13.2 Å². The predicted molar refractivity (Wildman–Crippen MR) is 88.0 cm³/mol. The minimum atomic E-state index is -4.41. The van der Waals surface area contributed by atoms with Gasteiger partial charge in [0.2, 0.25) is 12.7 Å². The second kappa shape index (κ2) is 6.87. The average Bonchev–Trinajstić information content (AvgIpc) is 3.02. The molecule has 1 aliphatic heterocycles. The van der Waals surface area contributed by atoms with Crippen molar-refractivity contribution in [2.24, 2.45) is 0 Å². The molecule has 0 aliphatic carbocycles. The van der Waals surface area contributed by atoms with Crippen molar-refractivity contribution in [3.8, 4) is 11.5 Å². The summed E-state index contributed by atoms with van der Waals surface area (Å²) in [7, 11) is 0. The van der Waals surface area contributed by atoms with Crippen LogP contribution in [-0.4, -0.2) is 18.0 Å². The third kappa shape index (κ3) is 4.19. The Hall–Kier alpha value is -2.35. The Morgan fingerprint density at radius 3 is 2.68 bits per heavy atom. The molecule has 0 radical (unpaired) electrons. The summed E-state index contributed by atoms with van der Waals surface area (Å²) in [6, 6.07) is 9.91. The lowest BCUT2D eigenvalue weighted by molar-refractivity contribution is -0.137. The van der Waals surface area contributed by atoms with Crippen LogP contribution in [0.25, 0.3) is 0 Å². The summed E-state index contributed by atoms with van der Waals surface area (Å²) in [6.45, 7) is 1.77. The minimum absolute atomic E-state index is 0.133. The van der Waals surface area contributed by atoms with Crippen LogP contribution in [0, 0.1) is 0 Å². The minimum Gasteiger partial charge on any atom is -0.454 e. The maximum absolute atomic E-state index is 12.7. The molecule has 0 unspecified atom stereocenters. The topological polar surface area (TPSA) is 47.6 Å². The summed E-state index contributed by atoms with van der Waals surface area (Å²) >= 11 is 1.06. The van der Waals surface area contributed by atoms with Crippen LogP contribution in [0.1, 0.15) is 12.5 Å². The van der Waals surface area contributed by atoms with Crippen LogP contribution in [0.15, 0.2) is 47.4 Å². The van der Waals surface area contributed by atoms with E-state index < -0.39 is 17.0 Å². The molecule has 0 saturated heterocycles. The maximum atomic E-state index is 12.7. The van der Waals surface area contributed by atoms with Crippen molar-refractivity contribution in [1.82, 2.24) is 0 Å². The van der Waals surface area contributed by atoms with Gasteiger partial charge in [0.25, 0.3) is 0 Å². The van der Waals surface area contributed by atoms with Gasteiger partial charge < -0.3 is 14.8 Å². The van der Waals surface area contributed by atoms with Crippen LogP contribution in [0.4, 0.5) is 18.9 Å². The first-order valence-corrected chi connectivity index (χ1v) is 8.25.